The second kappa shape index (κ2) is 10.8. The zero-order valence-corrected chi connectivity index (χ0v) is 21.5. The van der Waals surface area contributed by atoms with Gasteiger partial charge in [0.05, 0.1) is 24.9 Å². The molecule has 0 saturated carbocycles. The number of hydrogen-bond acceptors (Lipinski definition) is 6. The van der Waals surface area contributed by atoms with Gasteiger partial charge in [-0.05, 0) is 54.3 Å². The molecule has 1 heterocycles. The van der Waals surface area contributed by atoms with E-state index in [1.165, 1.54) is 43.6 Å². The molecule has 0 atom stereocenters. The van der Waals surface area contributed by atoms with Crippen molar-refractivity contribution in [2.45, 2.75) is 20.5 Å². The molecule has 0 aliphatic carbocycles. The highest BCUT2D eigenvalue weighted by atomic mass is 35.5. The highest BCUT2D eigenvalue weighted by Gasteiger charge is 2.38. The first-order valence-corrected chi connectivity index (χ1v) is 11.7. The SMILES string of the molecule is COc1cc(N2C(=O)NC(=O)/C(=C\c3ccc(OCc4ccc(C)c(C)c4)cc3)C2=O)c(OC)cc1Cl. The summed E-state index contributed by atoms with van der Waals surface area (Å²) in [4.78, 5) is 39.3. The fraction of sp³-hybridized carbons (Fsp3) is 0.179. The van der Waals surface area contributed by atoms with E-state index in [2.05, 4.69) is 31.3 Å². The van der Waals surface area contributed by atoms with Crippen molar-refractivity contribution in [3.05, 3.63) is 87.4 Å². The normalized spacial score (nSPS) is 14.6. The Hall–Kier alpha value is -4.30. The number of carbonyl (C=O) groups is 3. The number of anilines is 1. The number of imide groups is 2. The third-order valence-corrected chi connectivity index (χ3v) is 6.26. The van der Waals surface area contributed by atoms with Gasteiger partial charge in [-0.3, -0.25) is 14.9 Å². The molecule has 0 aromatic heterocycles. The third kappa shape index (κ3) is 5.44. The van der Waals surface area contributed by atoms with Crippen LogP contribution in [-0.2, 0) is 16.2 Å². The highest BCUT2D eigenvalue weighted by molar-refractivity contribution is 6.39. The molecule has 4 amide bonds. The van der Waals surface area contributed by atoms with Gasteiger partial charge in [-0.15, -0.1) is 0 Å². The fourth-order valence-corrected chi connectivity index (χ4v) is 4.01. The maximum Gasteiger partial charge on any atom is 0.336 e. The summed E-state index contributed by atoms with van der Waals surface area (Å²) in [6.07, 6.45) is 1.41. The fourth-order valence-electron chi connectivity index (χ4n) is 3.78. The smallest absolute Gasteiger partial charge is 0.336 e. The van der Waals surface area contributed by atoms with E-state index in [9.17, 15) is 14.4 Å². The highest BCUT2D eigenvalue weighted by Crippen LogP contribution is 2.39. The minimum absolute atomic E-state index is 0.0831. The van der Waals surface area contributed by atoms with Crippen molar-refractivity contribution in [2.24, 2.45) is 0 Å². The molecular weight excluding hydrogens is 496 g/mol. The molecule has 1 aliphatic heterocycles. The minimum Gasteiger partial charge on any atom is -0.495 e. The molecule has 0 spiro atoms. The molecule has 3 aromatic carbocycles. The molecule has 9 heteroatoms. The van der Waals surface area contributed by atoms with Crippen LogP contribution in [0.4, 0.5) is 10.5 Å². The number of hydrogen-bond donors (Lipinski definition) is 1. The third-order valence-electron chi connectivity index (χ3n) is 5.96. The monoisotopic (exact) mass is 520 g/mol. The maximum absolute atomic E-state index is 13.3. The lowest BCUT2D eigenvalue weighted by Gasteiger charge is -2.28. The van der Waals surface area contributed by atoms with Crippen LogP contribution in [-0.4, -0.2) is 32.1 Å². The van der Waals surface area contributed by atoms with Crippen LogP contribution < -0.4 is 24.4 Å². The summed E-state index contributed by atoms with van der Waals surface area (Å²) in [5.74, 6) is -0.590. The quantitative estimate of drug-likeness (QED) is 0.339. The number of benzene rings is 3. The Morgan fingerprint density at radius 3 is 2.24 bits per heavy atom. The van der Waals surface area contributed by atoms with E-state index in [0.717, 1.165) is 10.5 Å². The second-order valence-electron chi connectivity index (χ2n) is 8.39. The van der Waals surface area contributed by atoms with Gasteiger partial charge >= 0.3 is 6.03 Å². The van der Waals surface area contributed by atoms with E-state index in [-0.39, 0.29) is 27.8 Å². The van der Waals surface area contributed by atoms with Crippen molar-refractivity contribution >= 4 is 41.2 Å². The molecule has 1 N–H and O–H groups in total. The number of methoxy groups -OCH3 is 2. The number of amides is 4. The van der Waals surface area contributed by atoms with Crippen molar-refractivity contribution in [3.63, 3.8) is 0 Å². The van der Waals surface area contributed by atoms with Crippen LogP contribution in [0, 0.1) is 13.8 Å². The zero-order valence-electron chi connectivity index (χ0n) is 20.8. The van der Waals surface area contributed by atoms with Gasteiger partial charge in [0.25, 0.3) is 11.8 Å². The molecule has 1 aliphatic rings. The molecular formula is C28H25ClN2O6. The number of aryl methyl sites for hydroxylation is 2. The molecule has 190 valence electrons. The first kappa shape index (κ1) is 25.8. The van der Waals surface area contributed by atoms with E-state index in [4.69, 9.17) is 25.8 Å². The summed E-state index contributed by atoms with van der Waals surface area (Å²) in [7, 11) is 2.78. The lowest BCUT2D eigenvalue weighted by molar-refractivity contribution is -0.122. The molecule has 4 rings (SSSR count). The molecule has 3 aromatic rings. The van der Waals surface area contributed by atoms with Gasteiger partial charge in [0, 0.05) is 12.1 Å². The lowest BCUT2D eigenvalue weighted by atomic mass is 10.1. The van der Waals surface area contributed by atoms with Crippen molar-refractivity contribution in [2.75, 3.05) is 19.1 Å². The van der Waals surface area contributed by atoms with Gasteiger partial charge in [0.15, 0.2) is 0 Å². The van der Waals surface area contributed by atoms with Crippen molar-refractivity contribution in [1.29, 1.82) is 0 Å². The molecule has 1 saturated heterocycles. The topological polar surface area (TPSA) is 94.2 Å². The van der Waals surface area contributed by atoms with Crippen LogP contribution in [0.1, 0.15) is 22.3 Å². The van der Waals surface area contributed by atoms with Crippen molar-refractivity contribution in [1.82, 2.24) is 5.32 Å². The van der Waals surface area contributed by atoms with Gasteiger partial charge in [-0.1, -0.05) is 41.9 Å². The number of nitrogens with zero attached hydrogens (tertiary/aromatic N) is 1. The summed E-state index contributed by atoms with van der Waals surface area (Å²) < 4.78 is 16.4. The average molecular weight is 521 g/mol. The summed E-state index contributed by atoms with van der Waals surface area (Å²) in [5, 5.41) is 2.43. The molecule has 1 fully saturated rings. The molecule has 0 bridgehead atoms. The van der Waals surface area contributed by atoms with Crippen molar-refractivity contribution < 1.29 is 28.6 Å². The van der Waals surface area contributed by atoms with Gasteiger partial charge in [0.1, 0.15) is 29.4 Å². The molecule has 0 unspecified atom stereocenters. The van der Waals surface area contributed by atoms with E-state index in [1.54, 1.807) is 24.3 Å². The minimum atomic E-state index is -0.912. The van der Waals surface area contributed by atoms with Crippen LogP contribution in [0.2, 0.25) is 5.02 Å². The first-order chi connectivity index (χ1) is 17.7. The number of barbiturate groups is 1. The summed E-state index contributed by atoms with van der Waals surface area (Å²) in [6.45, 7) is 4.52. The molecule has 37 heavy (non-hydrogen) atoms. The number of urea groups is 1. The van der Waals surface area contributed by atoms with Crippen LogP contribution >= 0.6 is 11.6 Å². The van der Waals surface area contributed by atoms with E-state index in [0.29, 0.717) is 17.9 Å². The molecule has 8 nitrogen and oxygen atoms in total. The number of halogens is 1. The Labute approximate surface area is 219 Å². The number of nitrogens with one attached hydrogen (secondary N) is 1. The average Bonchev–Trinajstić information content (AvgIpc) is 2.88. The largest absolute Gasteiger partial charge is 0.495 e. The maximum atomic E-state index is 13.3. The van der Waals surface area contributed by atoms with E-state index >= 15 is 0 Å². The number of ether oxygens (including phenoxy) is 3. The van der Waals surface area contributed by atoms with Crippen LogP contribution in [0.15, 0.2) is 60.2 Å². The number of rotatable bonds is 7. The van der Waals surface area contributed by atoms with Gasteiger partial charge in [-0.25, -0.2) is 9.69 Å². The first-order valence-electron chi connectivity index (χ1n) is 11.3. The lowest BCUT2D eigenvalue weighted by Crippen LogP contribution is -2.54. The predicted octanol–water partition coefficient (Wildman–Crippen LogP) is 5.22. The van der Waals surface area contributed by atoms with E-state index in [1.807, 2.05) is 6.07 Å². The summed E-state index contributed by atoms with van der Waals surface area (Å²) >= 11 is 6.15. The van der Waals surface area contributed by atoms with Crippen LogP contribution in [0.5, 0.6) is 17.2 Å². The molecule has 0 radical (unpaired) electrons. The Morgan fingerprint density at radius 2 is 1.59 bits per heavy atom. The Kier molecular flexibility index (Phi) is 7.50. The van der Waals surface area contributed by atoms with Gasteiger partial charge < -0.3 is 14.2 Å². The predicted molar refractivity (Wildman–Crippen MR) is 140 cm³/mol. The van der Waals surface area contributed by atoms with Crippen LogP contribution in [0.25, 0.3) is 6.08 Å². The van der Waals surface area contributed by atoms with E-state index < -0.39 is 17.8 Å². The second-order valence-corrected chi connectivity index (χ2v) is 8.80. The standard InChI is InChI=1S/C28H25ClN2O6/c1-16-5-6-19(11-17(16)2)15-37-20-9-7-18(8-10-20)12-21-26(32)30-28(34)31(27(21)33)23-14-24(35-3)22(29)13-25(23)36-4/h5-14H,15H2,1-4H3,(H,30,32,34)/b21-12+. The Balaban J connectivity index is 1.57. The van der Waals surface area contributed by atoms with Crippen LogP contribution in [0.3, 0.4) is 0 Å². The summed E-state index contributed by atoms with van der Waals surface area (Å²) in [6, 6.07) is 15.0. The van der Waals surface area contributed by atoms with Gasteiger partial charge in [-0.2, -0.15) is 0 Å². The summed E-state index contributed by atoms with van der Waals surface area (Å²) in [5.41, 5.74) is 3.90. The van der Waals surface area contributed by atoms with Crippen molar-refractivity contribution in [3.8, 4) is 17.2 Å². The zero-order chi connectivity index (χ0) is 26.7. The van der Waals surface area contributed by atoms with Gasteiger partial charge in [0.2, 0.25) is 0 Å². The Bertz CT molecular complexity index is 1410. The Morgan fingerprint density at radius 1 is 0.892 bits per heavy atom. The number of carbonyl (C=O) groups excluding carboxylic acids is 3.